The average molecular weight is 405 g/mol. The van der Waals surface area contributed by atoms with Crippen LogP contribution in [0, 0.1) is 5.92 Å². The second-order valence-electron chi connectivity index (χ2n) is 6.68. The number of carboxylic acid groups (broad SMARTS) is 1. The molecule has 1 aromatic heterocycles. The second-order valence-corrected chi connectivity index (χ2v) is 8.57. The number of carboxylic acids is 1. The van der Waals surface area contributed by atoms with E-state index in [1.54, 1.807) is 18.3 Å². The summed E-state index contributed by atoms with van der Waals surface area (Å²) in [7, 11) is -4.11. The summed E-state index contributed by atoms with van der Waals surface area (Å²) in [4.78, 5) is 26.4. The predicted octanol–water partition coefficient (Wildman–Crippen LogP) is 2.34. The fraction of sp³-hybridized carbons (Fsp3) is 0.316. The molecule has 28 heavy (non-hydrogen) atoms. The molecule has 0 spiro atoms. The molecule has 2 N–H and O–H groups in total. The molecule has 1 heterocycles. The van der Waals surface area contributed by atoms with Crippen molar-refractivity contribution in [1.82, 2.24) is 9.29 Å². The van der Waals surface area contributed by atoms with Gasteiger partial charge in [0.25, 0.3) is 0 Å². The van der Waals surface area contributed by atoms with Crippen LogP contribution < -0.4 is 5.32 Å². The SMILES string of the molecule is CC(C)C[C@H](C(=O)O)N(Cc1cccnc1)S(=O)(=O)c1ccc(NC=O)cc1. The lowest BCUT2D eigenvalue weighted by atomic mass is 10.0. The molecule has 8 nitrogen and oxygen atoms in total. The number of anilines is 1. The van der Waals surface area contributed by atoms with Crippen LogP contribution in [0.1, 0.15) is 25.8 Å². The lowest BCUT2D eigenvalue weighted by molar-refractivity contribution is -0.142. The molecular formula is C19H23N3O5S. The first-order valence-electron chi connectivity index (χ1n) is 8.69. The van der Waals surface area contributed by atoms with Crippen LogP contribution in [0.15, 0.2) is 53.7 Å². The van der Waals surface area contributed by atoms with Crippen molar-refractivity contribution in [2.45, 2.75) is 37.8 Å². The fourth-order valence-electron chi connectivity index (χ4n) is 2.75. The smallest absolute Gasteiger partial charge is 0.322 e. The van der Waals surface area contributed by atoms with Crippen LogP contribution >= 0.6 is 0 Å². The maximum absolute atomic E-state index is 13.3. The number of rotatable bonds is 10. The molecule has 1 aromatic carbocycles. The number of hydrogen-bond donors (Lipinski definition) is 2. The molecule has 0 radical (unpaired) electrons. The van der Waals surface area contributed by atoms with Crippen molar-refractivity contribution in [2.24, 2.45) is 5.92 Å². The van der Waals surface area contributed by atoms with Crippen molar-refractivity contribution >= 4 is 28.1 Å². The Labute approximate surface area is 164 Å². The molecule has 0 fully saturated rings. The van der Waals surface area contributed by atoms with Gasteiger partial charge in [-0.05, 0) is 48.2 Å². The molecule has 2 rings (SSSR count). The van der Waals surface area contributed by atoms with Gasteiger partial charge in [-0.3, -0.25) is 14.6 Å². The minimum absolute atomic E-state index is 0.0214. The summed E-state index contributed by atoms with van der Waals surface area (Å²) in [5.41, 5.74) is 1.02. The molecule has 1 amide bonds. The molecular weight excluding hydrogens is 382 g/mol. The molecule has 0 aliphatic rings. The minimum atomic E-state index is -4.11. The molecule has 150 valence electrons. The van der Waals surface area contributed by atoms with E-state index in [9.17, 15) is 23.1 Å². The van der Waals surface area contributed by atoms with Gasteiger partial charge in [0.15, 0.2) is 0 Å². The van der Waals surface area contributed by atoms with Crippen molar-refractivity contribution in [2.75, 3.05) is 5.32 Å². The van der Waals surface area contributed by atoms with Crippen LogP contribution in [-0.2, 0) is 26.2 Å². The van der Waals surface area contributed by atoms with Crippen molar-refractivity contribution in [1.29, 1.82) is 0 Å². The lowest BCUT2D eigenvalue weighted by Crippen LogP contribution is -2.45. The highest BCUT2D eigenvalue weighted by Crippen LogP contribution is 2.25. The minimum Gasteiger partial charge on any atom is -0.480 e. The van der Waals surface area contributed by atoms with Crippen molar-refractivity contribution in [3.63, 3.8) is 0 Å². The summed E-state index contributed by atoms with van der Waals surface area (Å²) in [6.07, 6.45) is 3.72. The Morgan fingerprint density at radius 1 is 1.25 bits per heavy atom. The van der Waals surface area contributed by atoms with Crippen molar-refractivity contribution in [3.8, 4) is 0 Å². The summed E-state index contributed by atoms with van der Waals surface area (Å²) in [6, 6.07) is 7.71. The van der Waals surface area contributed by atoms with Crippen LogP contribution in [0.3, 0.4) is 0 Å². The molecule has 0 bridgehead atoms. The van der Waals surface area contributed by atoms with E-state index in [1.807, 2.05) is 13.8 Å². The number of aromatic nitrogens is 1. The Bertz CT molecular complexity index is 899. The summed E-state index contributed by atoms with van der Waals surface area (Å²) >= 11 is 0. The zero-order valence-electron chi connectivity index (χ0n) is 15.6. The standard InChI is InChI=1S/C19H23N3O5S/c1-14(2)10-18(19(24)25)22(12-15-4-3-9-20-11-15)28(26,27)17-7-5-16(6-8-17)21-13-23/h3-9,11,13-14,18H,10,12H2,1-2H3,(H,21,23)(H,24,25)/t18-/m1/s1. The van der Waals surface area contributed by atoms with E-state index in [0.29, 0.717) is 17.7 Å². The molecule has 0 saturated carbocycles. The van der Waals surface area contributed by atoms with Gasteiger partial charge >= 0.3 is 5.97 Å². The number of benzene rings is 1. The van der Waals surface area contributed by atoms with Gasteiger partial charge in [0, 0.05) is 24.6 Å². The molecule has 0 aliphatic carbocycles. The van der Waals surface area contributed by atoms with E-state index in [4.69, 9.17) is 0 Å². The van der Waals surface area contributed by atoms with Gasteiger partial charge < -0.3 is 10.4 Å². The number of carbonyl (C=O) groups is 2. The van der Waals surface area contributed by atoms with E-state index in [2.05, 4.69) is 10.3 Å². The molecule has 2 aromatic rings. The third kappa shape index (κ3) is 5.37. The quantitative estimate of drug-likeness (QED) is 0.586. The molecule has 0 saturated heterocycles. The molecule has 0 aliphatic heterocycles. The first-order chi connectivity index (χ1) is 13.3. The largest absolute Gasteiger partial charge is 0.480 e. The Kier molecular flexibility index (Phi) is 7.24. The summed E-state index contributed by atoms with van der Waals surface area (Å²) in [5.74, 6) is -1.23. The molecule has 0 unspecified atom stereocenters. The third-order valence-corrected chi connectivity index (χ3v) is 5.94. The van der Waals surface area contributed by atoms with E-state index in [0.717, 1.165) is 4.31 Å². The number of pyridine rings is 1. The first kappa shape index (κ1) is 21.5. The number of sulfonamides is 1. The number of amides is 1. The third-order valence-electron chi connectivity index (χ3n) is 4.08. The highest BCUT2D eigenvalue weighted by Gasteiger charge is 2.36. The van der Waals surface area contributed by atoms with E-state index in [-0.39, 0.29) is 23.8 Å². The zero-order chi connectivity index (χ0) is 20.7. The van der Waals surface area contributed by atoms with Crippen LogP contribution in [-0.4, -0.2) is 41.2 Å². The lowest BCUT2D eigenvalue weighted by Gasteiger charge is -2.29. The second kappa shape index (κ2) is 9.43. The van der Waals surface area contributed by atoms with Crippen LogP contribution in [0.5, 0.6) is 0 Å². The normalized spacial score (nSPS) is 12.7. The first-order valence-corrected chi connectivity index (χ1v) is 10.1. The van der Waals surface area contributed by atoms with E-state index in [1.165, 1.54) is 30.5 Å². The summed E-state index contributed by atoms with van der Waals surface area (Å²) in [6.45, 7) is 3.56. The number of nitrogens with one attached hydrogen (secondary N) is 1. The summed E-state index contributed by atoms with van der Waals surface area (Å²) in [5, 5.41) is 12.2. The fourth-order valence-corrected chi connectivity index (χ4v) is 4.33. The average Bonchev–Trinajstić information content (AvgIpc) is 2.65. The predicted molar refractivity (Wildman–Crippen MR) is 104 cm³/mol. The van der Waals surface area contributed by atoms with Gasteiger partial charge in [-0.2, -0.15) is 4.31 Å². The Morgan fingerprint density at radius 2 is 1.93 bits per heavy atom. The van der Waals surface area contributed by atoms with Crippen LogP contribution in [0.25, 0.3) is 0 Å². The van der Waals surface area contributed by atoms with Gasteiger partial charge in [-0.15, -0.1) is 0 Å². The Morgan fingerprint density at radius 3 is 2.43 bits per heavy atom. The Hall–Kier alpha value is -2.78. The number of aliphatic carboxylic acids is 1. The van der Waals surface area contributed by atoms with Gasteiger partial charge in [-0.1, -0.05) is 19.9 Å². The van der Waals surface area contributed by atoms with E-state index < -0.39 is 22.0 Å². The molecule has 9 heteroatoms. The monoisotopic (exact) mass is 405 g/mol. The van der Waals surface area contributed by atoms with Gasteiger partial charge in [0.05, 0.1) is 4.90 Å². The highest BCUT2D eigenvalue weighted by atomic mass is 32.2. The molecule has 1 atom stereocenters. The number of carbonyl (C=O) groups excluding carboxylic acids is 1. The number of hydrogen-bond acceptors (Lipinski definition) is 5. The zero-order valence-corrected chi connectivity index (χ0v) is 16.5. The van der Waals surface area contributed by atoms with E-state index >= 15 is 0 Å². The maximum Gasteiger partial charge on any atom is 0.322 e. The topological polar surface area (TPSA) is 117 Å². The Balaban J connectivity index is 2.48. The van der Waals surface area contributed by atoms with Gasteiger partial charge in [-0.25, -0.2) is 8.42 Å². The summed E-state index contributed by atoms with van der Waals surface area (Å²) < 4.78 is 27.6. The number of nitrogens with zero attached hydrogens (tertiary/aromatic N) is 2. The van der Waals surface area contributed by atoms with Crippen molar-refractivity contribution < 1.29 is 23.1 Å². The van der Waals surface area contributed by atoms with Crippen LogP contribution in [0.4, 0.5) is 5.69 Å². The van der Waals surface area contributed by atoms with Gasteiger partial charge in [0.2, 0.25) is 16.4 Å². The van der Waals surface area contributed by atoms with Gasteiger partial charge in [0.1, 0.15) is 6.04 Å². The van der Waals surface area contributed by atoms with Crippen molar-refractivity contribution in [3.05, 3.63) is 54.4 Å². The maximum atomic E-state index is 13.3. The van der Waals surface area contributed by atoms with Crippen LogP contribution in [0.2, 0.25) is 0 Å². The highest BCUT2D eigenvalue weighted by molar-refractivity contribution is 7.89.